The summed E-state index contributed by atoms with van der Waals surface area (Å²) in [5, 5.41) is 11.0. The summed E-state index contributed by atoms with van der Waals surface area (Å²) >= 11 is 7.75. The van der Waals surface area contributed by atoms with Crippen molar-refractivity contribution >= 4 is 50.0 Å². The lowest BCUT2D eigenvalue weighted by molar-refractivity contribution is -0.152. The second kappa shape index (κ2) is 11.0. The van der Waals surface area contributed by atoms with E-state index < -0.39 is 22.6 Å². The summed E-state index contributed by atoms with van der Waals surface area (Å²) in [4.78, 5) is 11.2. The minimum atomic E-state index is -1.65. The molecule has 1 heterocycles. The fourth-order valence-electron chi connectivity index (χ4n) is 3.57. The van der Waals surface area contributed by atoms with Crippen molar-refractivity contribution in [2.75, 3.05) is 13.1 Å². The van der Waals surface area contributed by atoms with Gasteiger partial charge in [0, 0.05) is 33.8 Å². The Labute approximate surface area is 206 Å². The number of carboxylic acids is 1. The number of thiol groups is 1. The quantitative estimate of drug-likeness (QED) is 0.240. The molecule has 0 aliphatic heterocycles. The van der Waals surface area contributed by atoms with Gasteiger partial charge in [-0.1, -0.05) is 46.2 Å². The fourth-order valence-corrected chi connectivity index (χ4v) is 7.00. The molecule has 33 heavy (non-hydrogen) atoms. The van der Waals surface area contributed by atoms with E-state index in [0.29, 0.717) is 10.8 Å². The third-order valence-corrected chi connectivity index (χ3v) is 9.13. The zero-order chi connectivity index (χ0) is 24.2. The Balaban J connectivity index is 1.63. The lowest BCUT2D eigenvalue weighted by Crippen LogP contribution is -2.37. The van der Waals surface area contributed by atoms with Crippen LogP contribution in [0.25, 0.3) is 10.1 Å². The molecule has 1 aromatic heterocycles. The fraction of sp³-hybridized carbons (Fsp3) is 0.400. The van der Waals surface area contributed by atoms with Crippen LogP contribution in [0.2, 0.25) is 5.02 Å². The van der Waals surface area contributed by atoms with Crippen LogP contribution in [-0.2, 0) is 26.4 Å². The first-order chi connectivity index (χ1) is 15.6. The van der Waals surface area contributed by atoms with Gasteiger partial charge in [-0.05, 0) is 75.9 Å². The van der Waals surface area contributed by atoms with Gasteiger partial charge in [-0.25, -0.2) is 4.79 Å². The molecule has 0 fully saturated rings. The van der Waals surface area contributed by atoms with Crippen LogP contribution < -0.4 is 4.74 Å². The highest BCUT2D eigenvalue weighted by Gasteiger charge is 2.29. The van der Waals surface area contributed by atoms with Crippen LogP contribution in [0.4, 0.5) is 0 Å². The predicted molar refractivity (Wildman–Crippen MR) is 138 cm³/mol. The van der Waals surface area contributed by atoms with Crippen LogP contribution >= 0.6 is 22.9 Å². The third-order valence-electron chi connectivity index (χ3n) is 5.48. The summed E-state index contributed by atoms with van der Waals surface area (Å²) in [6.45, 7) is 8.70. The van der Waals surface area contributed by atoms with Crippen LogP contribution in [0, 0.1) is 6.92 Å². The zero-order valence-electron chi connectivity index (χ0n) is 19.4. The largest absolute Gasteiger partial charge is 0.478 e. The van der Waals surface area contributed by atoms with Gasteiger partial charge < -0.3 is 9.84 Å². The molecule has 3 aromatic rings. The van der Waals surface area contributed by atoms with E-state index in [0.717, 1.165) is 57.8 Å². The molecular formula is C25H31ClNO4S2+. The van der Waals surface area contributed by atoms with Gasteiger partial charge in [0.2, 0.25) is 4.21 Å². The number of ether oxygens (including phenoxy) is 1. The molecule has 0 radical (unpaired) electrons. The average molecular weight is 509 g/mol. The topological polar surface area (TPSA) is 66.8 Å². The second-order valence-corrected chi connectivity index (χ2v) is 11.9. The van der Waals surface area contributed by atoms with E-state index in [4.69, 9.17) is 16.3 Å². The lowest BCUT2D eigenvalue weighted by Gasteiger charge is -2.21. The van der Waals surface area contributed by atoms with E-state index in [1.54, 1.807) is 23.5 Å². The number of hydrogen-bond acceptors (Lipinski definition) is 4. The van der Waals surface area contributed by atoms with Crippen molar-refractivity contribution in [3.05, 3.63) is 58.6 Å². The van der Waals surface area contributed by atoms with Crippen molar-refractivity contribution in [2.45, 2.75) is 56.8 Å². The second-order valence-electron chi connectivity index (χ2n) is 8.56. The van der Waals surface area contributed by atoms with E-state index in [-0.39, 0.29) is 0 Å². The number of fused-ring (bicyclic) bond motifs is 1. The molecule has 1 unspecified atom stereocenters. The molecule has 1 N–H and O–H groups in total. The molecular weight excluding hydrogens is 478 g/mol. The molecule has 0 saturated heterocycles. The Bertz CT molecular complexity index is 1140. The first kappa shape index (κ1) is 25.7. The number of aliphatic carboxylic acids is 1. The molecule has 0 spiro atoms. The first-order valence-corrected chi connectivity index (χ1v) is 13.4. The summed E-state index contributed by atoms with van der Waals surface area (Å²) in [5.41, 5.74) is 0.915. The van der Waals surface area contributed by atoms with Crippen LogP contribution in [0.3, 0.4) is 0 Å². The Morgan fingerprint density at radius 1 is 1.18 bits per heavy atom. The maximum absolute atomic E-state index is 13.5. The molecule has 0 aliphatic rings. The maximum Gasteiger partial charge on any atom is 0.347 e. The van der Waals surface area contributed by atoms with Gasteiger partial charge in [0.05, 0.1) is 0 Å². The summed E-state index contributed by atoms with van der Waals surface area (Å²) in [7, 11) is -1.65. The molecule has 0 aliphatic carbocycles. The van der Waals surface area contributed by atoms with Gasteiger partial charge in [-0.15, -0.1) is 4.31 Å². The van der Waals surface area contributed by atoms with Crippen molar-refractivity contribution in [3.63, 3.8) is 0 Å². The summed E-state index contributed by atoms with van der Waals surface area (Å²) in [6, 6.07) is 13.3. The van der Waals surface area contributed by atoms with Gasteiger partial charge in [-0.3, -0.25) is 0 Å². The maximum atomic E-state index is 13.5. The van der Waals surface area contributed by atoms with E-state index in [9.17, 15) is 14.1 Å². The standard InChI is InChI=1S/C25H30ClNO4S2/c1-5-14-27(33(30)23-17(2)21-16-19(26)10-13-22(21)32-23)15-6-7-18-8-11-20(12-9-18)31-25(3,4)24(28)29/h8-13,16H,5-7,14-15H2,1-4H3,(H,28,29)/p+1. The van der Waals surface area contributed by atoms with Crippen molar-refractivity contribution in [1.82, 2.24) is 4.31 Å². The van der Waals surface area contributed by atoms with Crippen molar-refractivity contribution in [1.29, 1.82) is 0 Å². The number of carboxylic acid groups (broad SMARTS) is 1. The van der Waals surface area contributed by atoms with Crippen molar-refractivity contribution in [2.24, 2.45) is 0 Å². The molecule has 5 nitrogen and oxygen atoms in total. The minimum Gasteiger partial charge on any atom is -0.478 e. The molecule has 0 saturated carbocycles. The first-order valence-electron chi connectivity index (χ1n) is 11.0. The summed E-state index contributed by atoms with van der Waals surface area (Å²) in [6.07, 6.45) is 2.65. The highest BCUT2D eigenvalue weighted by atomic mass is 35.5. The Hall–Kier alpha value is -1.93. The third kappa shape index (κ3) is 6.35. The van der Waals surface area contributed by atoms with Gasteiger partial charge in [0.15, 0.2) is 16.6 Å². The number of halogens is 1. The van der Waals surface area contributed by atoms with Crippen LogP contribution in [0.15, 0.2) is 46.7 Å². The molecule has 0 amide bonds. The van der Waals surface area contributed by atoms with Crippen LogP contribution in [0.5, 0.6) is 5.75 Å². The monoisotopic (exact) mass is 508 g/mol. The smallest absolute Gasteiger partial charge is 0.347 e. The summed E-state index contributed by atoms with van der Waals surface area (Å²) in [5.74, 6) is -0.476. The molecule has 2 aromatic carbocycles. The Kier molecular flexibility index (Phi) is 8.56. The van der Waals surface area contributed by atoms with Gasteiger partial charge in [0.25, 0.3) is 0 Å². The number of aryl methyl sites for hydroxylation is 2. The highest BCUT2D eigenvalue weighted by Crippen LogP contribution is 2.35. The van der Waals surface area contributed by atoms with E-state index >= 15 is 0 Å². The molecule has 3 rings (SSSR count). The molecule has 8 heteroatoms. The van der Waals surface area contributed by atoms with E-state index in [1.807, 2.05) is 37.3 Å². The van der Waals surface area contributed by atoms with Crippen LogP contribution in [-0.4, -0.2) is 34.1 Å². The normalized spacial score (nSPS) is 12.9. The number of hydrogen-bond donors (Lipinski definition) is 1. The Morgan fingerprint density at radius 2 is 1.88 bits per heavy atom. The number of thiophene rings is 1. The van der Waals surface area contributed by atoms with Crippen molar-refractivity contribution in [3.8, 4) is 5.75 Å². The van der Waals surface area contributed by atoms with E-state index in [1.165, 1.54) is 13.8 Å². The highest BCUT2D eigenvalue weighted by molar-refractivity contribution is 7.85. The molecule has 0 bridgehead atoms. The summed E-state index contributed by atoms with van der Waals surface area (Å²) < 4.78 is 23.2. The number of carbonyl (C=O) groups is 1. The number of rotatable bonds is 11. The number of nitrogens with zero attached hydrogens (tertiary/aromatic N) is 1. The Morgan fingerprint density at radius 3 is 2.52 bits per heavy atom. The molecule has 178 valence electrons. The van der Waals surface area contributed by atoms with Crippen LogP contribution in [0.1, 0.15) is 44.7 Å². The minimum absolute atomic E-state index is 0.530. The van der Waals surface area contributed by atoms with Gasteiger partial charge in [0.1, 0.15) is 5.75 Å². The molecule has 1 atom stereocenters. The SMILES string of the molecule is CCCN(CCCc1ccc(OC(C)(C)C(=O)O)cc1)[SH+](=O)c1sc2ccc(Cl)cc2c1C. The van der Waals surface area contributed by atoms with Gasteiger partial charge in [-0.2, -0.15) is 0 Å². The number of benzene rings is 2. The lowest BCUT2D eigenvalue weighted by atomic mass is 10.1. The zero-order valence-corrected chi connectivity index (χ0v) is 21.9. The van der Waals surface area contributed by atoms with E-state index in [2.05, 4.69) is 11.2 Å². The van der Waals surface area contributed by atoms with Gasteiger partial charge >= 0.3 is 5.97 Å². The predicted octanol–water partition coefficient (Wildman–Crippen LogP) is 6.42. The van der Waals surface area contributed by atoms with Crippen molar-refractivity contribution < 1.29 is 18.8 Å². The average Bonchev–Trinajstić information content (AvgIpc) is 3.09.